The fraction of sp³-hybridized carbons (Fsp3) is 0.708. The molecule has 59 heavy (non-hydrogen) atoms. The molecule has 0 fully saturated rings. The molecule has 1 aromatic rings. The van der Waals surface area contributed by atoms with Gasteiger partial charge in [0.25, 0.3) is 0 Å². The highest BCUT2D eigenvalue weighted by Gasteiger charge is 2.35. The number of esters is 2. The van der Waals surface area contributed by atoms with Crippen LogP contribution in [0.15, 0.2) is 34.9 Å². The van der Waals surface area contributed by atoms with Crippen LogP contribution in [0.3, 0.4) is 0 Å². The fourth-order valence-electron chi connectivity index (χ4n) is 6.98. The molecule has 0 bridgehead atoms. The van der Waals surface area contributed by atoms with Crippen LogP contribution in [0.1, 0.15) is 162 Å². The van der Waals surface area contributed by atoms with Gasteiger partial charge in [-0.1, -0.05) is 88.3 Å². The van der Waals surface area contributed by atoms with Crippen molar-refractivity contribution < 1.29 is 46.7 Å². The molecule has 0 spiro atoms. The summed E-state index contributed by atoms with van der Waals surface area (Å²) in [6, 6.07) is 0. The van der Waals surface area contributed by atoms with Crippen LogP contribution < -0.4 is 9.47 Å². The topological polar surface area (TPSA) is 116 Å². The highest BCUT2D eigenvalue weighted by atomic mass is 31.2. The molecule has 10 nitrogen and oxygen atoms in total. The highest BCUT2D eigenvalue weighted by Crippen LogP contribution is 2.50. The molecule has 1 atom stereocenters. The Morgan fingerprint density at radius 2 is 1.25 bits per heavy atom. The van der Waals surface area contributed by atoms with Crippen LogP contribution in [0.25, 0.3) is 0 Å². The highest BCUT2D eigenvalue weighted by molar-refractivity contribution is 7.48. The molecule has 0 N–H and O–H groups in total. The first-order valence-corrected chi connectivity index (χ1v) is 23.7. The lowest BCUT2D eigenvalue weighted by Gasteiger charge is -2.38. The molecule has 0 saturated carbocycles. The summed E-state index contributed by atoms with van der Waals surface area (Å²) in [7, 11) is -4.33. The van der Waals surface area contributed by atoms with Crippen LogP contribution in [-0.4, -0.2) is 57.2 Å². The molecule has 0 radical (unpaired) electrons. The summed E-state index contributed by atoms with van der Waals surface area (Å²) in [5.41, 5.74) is 8.34. The Labute approximate surface area is 357 Å². The molecular weight excluding hydrogens is 767 g/mol. The number of phosphoric acid groups is 1. The fourth-order valence-corrected chi connectivity index (χ4v) is 8.08. The van der Waals surface area contributed by atoms with Gasteiger partial charge in [-0.25, -0.2) is 14.2 Å². The van der Waals surface area contributed by atoms with Crippen LogP contribution in [0.5, 0.6) is 11.5 Å². The smallest absolute Gasteiger partial charge is 0.475 e. The summed E-state index contributed by atoms with van der Waals surface area (Å²) in [4.78, 5) is 24.8. The number of hydrogen-bond acceptors (Lipinski definition) is 10. The van der Waals surface area contributed by atoms with Crippen molar-refractivity contribution in [3.63, 3.8) is 0 Å². The minimum Gasteiger partial charge on any atom is -0.493 e. The molecular formula is C48H79O10P. The summed E-state index contributed by atoms with van der Waals surface area (Å²) in [5, 5.41) is 0. The zero-order valence-electron chi connectivity index (χ0n) is 38.9. The van der Waals surface area contributed by atoms with Crippen molar-refractivity contribution in [2.24, 2.45) is 11.8 Å². The van der Waals surface area contributed by atoms with Gasteiger partial charge in [0.1, 0.15) is 17.1 Å². The lowest BCUT2D eigenvalue weighted by molar-refractivity contribution is -0.149. The van der Waals surface area contributed by atoms with Gasteiger partial charge in [-0.3, -0.25) is 13.6 Å². The second kappa shape index (κ2) is 27.1. The minimum absolute atomic E-state index is 0.0623. The third-order valence-corrected chi connectivity index (χ3v) is 13.0. The van der Waals surface area contributed by atoms with Crippen LogP contribution >= 0.6 is 7.82 Å². The van der Waals surface area contributed by atoms with Gasteiger partial charge in [-0.05, 0) is 135 Å². The number of carbonyl (C=O) groups excluding carboxylic acids is 2. The van der Waals surface area contributed by atoms with Crippen molar-refractivity contribution in [1.29, 1.82) is 0 Å². The average molecular weight is 847 g/mol. The van der Waals surface area contributed by atoms with Gasteiger partial charge in [-0.2, -0.15) is 0 Å². The molecule has 1 heterocycles. The lowest BCUT2D eigenvalue weighted by Crippen LogP contribution is -2.37. The first kappa shape index (κ1) is 52.2. The quantitative estimate of drug-likeness (QED) is 0.0334. The molecule has 336 valence electrons. The summed E-state index contributed by atoms with van der Waals surface area (Å²) in [6.45, 7) is 24.7. The maximum Gasteiger partial charge on any atom is 0.475 e. The van der Waals surface area contributed by atoms with Gasteiger partial charge in [0.2, 0.25) is 0 Å². The van der Waals surface area contributed by atoms with E-state index in [2.05, 4.69) is 66.7 Å². The van der Waals surface area contributed by atoms with Crippen LogP contribution in [-0.2, 0) is 43.6 Å². The third kappa shape index (κ3) is 19.1. The van der Waals surface area contributed by atoms with Crippen molar-refractivity contribution in [3.05, 3.63) is 57.2 Å². The largest absolute Gasteiger partial charge is 0.493 e. The normalized spacial score (nSPS) is 15.9. The number of fused-ring (bicyclic) bond motifs is 1. The Kier molecular flexibility index (Phi) is 24.0. The van der Waals surface area contributed by atoms with E-state index in [4.69, 9.17) is 32.5 Å². The van der Waals surface area contributed by atoms with Gasteiger partial charge < -0.3 is 18.9 Å². The molecule has 11 heteroatoms. The zero-order chi connectivity index (χ0) is 44.0. The van der Waals surface area contributed by atoms with E-state index in [-0.39, 0.29) is 43.9 Å². The van der Waals surface area contributed by atoms with E-state index < -0.39 is 33.0 Å². The van der Waals surface area contributed by atoms with Crippen LogP contribution in [0, 0.1) is 32.6 Å². The standard InChI is InChI=1S/C48H79O10P/c1-13-41(14-2)31-53-44(49)33-56-59(51,57-34-45(50)54-32-42(15-3)16-4)55-30-20-29-52-46-38(9)39(10)47-43(40(46)11)26-28-48(12,58-47)27-19-25-37(8)24-18-23-36(7)22-17-21-35(5)6/h21,23,25,41-42H,13-20,22,24,26-34H2,1-12H3/b36-23+,37-25+/t48-/m0/s1. The van der Waals surface area contributed by atoms with E-state index in [1.54, 1.807) is 0 Å². The van der Waals surface area contributed by atoms with Crippen LogP contribution in [0.2, 0.25) is 0 Å². The summed E-state index contributed by atoms with van der Waals surface area (Å²) in [5.74, 6) is 0.836. The van der Waals surface area contributed by atoms with Gasteiger partial charge in [0.15, 0.2) is 13.2 Å². The average Bonchev–Trinajstić information content (AvgIpc) is 3.20. The Morgan fingerprint density at radius 1 is 0.729 bits per heavy atom. The molecule has 0 aliphatic carbocycles. The number of rotatable bonds is 29. The van der Waals surface area contributed by atoms with Crippen molar-refractivity contribution in [2.75, 3.05) is 39.6 Å². The number of hydrogen-bond donors (Lipinski definition) is 0. The lowest BCUT2D eigenvalue weighted by atomic mass is 9.85. The first-order valence-electron chi connectivity index (χ1n) is 22.2. The SMILES string of the molecule is CCC(CC)COC(=O)COP(=O)(OCCCOc1c(C)c(C)c2c(c1C)CC[C@](C)(CC/C=C(\C)CC/C=C(\C)CCC=C(C)C)O2)OCC(=O)OCC(CC)CC. The van der Waals surface area contributed by atoms with E-state index in [9.17, 15) is 14.2 Å². The second-order valence-electron chi connectivity index (χ2n) is 16.8. The molecule has 1 aliphatic rings. The molecule has 2 rings (SSSR count). The molecule has 1 aliphatic heterocycles. The number of allylic oxidation sites excluding steroid dienone is 6. The number of phosphoric ester groups is 1. The maximum atomic E-state index is 13.6. The molecule has 0 unspecified atom stereocenters. The molecule has 0 aromatic heterocycles. The number of carbonyl (C=O) groups is 2. The predicted octanol–water partition coefficient (Wildman–Crippen LogP) is 12.8. The minimum atomic E-state index is -4.33. The Balaban J connectivity index is 1.98. The molecule has 1 aromatic carbocycles. The molecule has 0 amide bonds. The summed E-state index contributed by atoms with van der Waals surface area (Å²) >= 11 is 0. The summed E-state index contributed by atoms with van der Waals surface area (Å²) in [6.07, 6.45) is 19.0. The van der Waals surface area contributed by atoms with Crippen LogP contribution in [0.4, 0.5) is 0 Å². The Morgan fingerprint density at radius 3 is 1.78 bits per heavy atom. The van der Waals surface area contributed by atoms with Gasteiger partial charge in [0, 0.05) is 12.0 Å². The van der Waals surface area contributed by atoms with E-state index >= 15 is 0 Å². The van der Waals surface area contributed by atoms with Crippen molar-refractivity contribution in [1.82, 2.24) is 0 Å². The first-order chi connectivity index (χ1) is 28.0. The van der Waals surface area contributed by atoms with Crippen molar-refractivity contribution >= 4 is 19.8 Å². The van der Waals surface area contributed by atoms with Gasteiger partial charge >= 0.3 is 19.8 Å². The Hall–Kier alpha value is -2.91. The predicted molar refractivity (Wildman–Crippen MR) is 238 cm³/mol. The van der Waals surface area contributed by atoms with Crippen molar-refractivity contribution in [3.8, 4) is 11.5 Å². The molecule has 0 saturated heterocycles. The third-order valence-electron chi connectivity index (χ3n) is 11.6. The van der Waals surface area contributed by atoms with E-state index in [0.717, 1.165) is 105 Å². The van der Waals surface area contributed by atoms with Crippen molar-refractivity contribution in [2.45, 2.75) is 172 Å². The van der Waals surface area contributed by atoms with E-state index in [1.165, 1.54) is 22.3 Å². The second-order valence-corrected chi connectivity index (χ2v) is 18.5. The van der Waals surface area contributed by atoms with Gasteiger partial charge in [-0.15, -0.1) is 0 Å². The number of ether oxygens (including phenoxy) is 4. The van der Waals surface area contributed by atoms with E-state index in [0.29, 0.717) is 6.42 Å². The van der Waals surface area contributed by atoms with Gasteiger partial charge in [0.05, 0.1) is 26.4 Å². The Bertz CT molecular complexity index is 1560. The monoisotopic (exact) mass is 847 g/mol. The zero-order valence-corrected chi connectivity index (χ0v) is 39.7. The van der Waals surface area contributed by atoms with E-state index in [1.807, 2.05) is 34.6 Å². The maximum absolute atomic E-state index is 13.6. The summed E-state index contributed by atoms with van der Waals surface area (Å²) < 4.78 is 53.6. The number of benzene rings is 1.